The Bertz CT molecular complexity index is 711. The number of nitrogens with one attached hydrogen (secondary N) is 2. The summed E-state index contributed by atoms with van der Waals surface area (Å²) in [5.41, 5.74) is 2.08. The summed E-state index contributed by atoms with van der Waals surface area (Å²) >= 11 is 5.71. The number of carbonyl (C=O) groups is 1. The van der Waals surface area contributed by atoms with E-state index in [1.54, 1.807) is 18.2 Å². The number of rotatable bonds is 4. The van der Waals surface area contributed by atoms with Crippen LogP contribution in [0.15, 0.2) is 30.5 Å². The van der Waals surface area contributed by atoms with Crippen molar-refractivity contribution in [3.63, 3.8) is 0 Å². The first-order valence-corrected chi connectivity index (χ1v) is 6.56. The normalized spacial score (nSPS) is 9.76. The lowest BCUT2D eigenvalue weighted by atomic mass is 10.2. The molecule has 1 heterocycles. The predicted octanol–water partition coefficient (Wildman–Crippen LogP) is 3.36. The molecule has 0 radical (unpaired) electrons. The summed E-state index contributed by atoms with van der Waals surface area (Å²) in [6.07, 6.45) is 1.33. The molecule has 1 aromatic carbocycles. The van der Waals surface area contributed by atoms with E-state index < -0.39 is 0 Å². The molecular formula is C14H12ClN5O. The Morgan fingerprint density at radius 3 is 2.86 bits per heavy atom. The van der Waals surface area contributed by atoms with E-state index in [4.69, 9.17) is 18.2 Å². The van der Waals surface area contributed by atoms with Gasteiger partial charge in [-0.3, -0.25) is 4.79 Å². The first kappa shape index (κ1) is 14.8. The summed E-state index contributed by atoms with van der Waals surface area (Å²) in [6, 6.07) is 6.44. The number of nitrogens with zero attached hydrogens (tertiary/aromatic N) is 3. The predicted molar refractivity (Wildman–Crippen MR) is 81.9 cm³/mol. The number of anilines is 2. The Hall–Kier alpha value is -2.65. The van der Waals surface area contributed by atoms with Crippen LogP contribution in [0, 0.1) is 6.57 Å². The number of hydrogen-bond acceptors (Lipinski definition) is 4. The third kappa shape index (κ3) is 3.68. The van der Waals surface area contributed by atoms with Crippen LogP contribution in [-0.4, -0.2) is 22.6 Å². The molecule has 0 spiro atoms. The molecule has 1 aromatic heterocycles. The average molecular weight is 302 g/mol. The molecule has 0 fully saturated rings. The van der Waals surface area contributed by atoms with Crippen LogP contribution < -0.4 is 10.6 Å². The summed E-state index contributed by atoms with van der Waals surface area (Å²) in [4.78, 5) is 15.5. The highest BCUT2D eigenvalue weighted by atomic mass is 35.5. The second-order valence-corrected chi connectivity index (χ2v) is 4.48. The van der Waals surface area contributed by atoms with Gasteiger partial charge in [0, 0.05) is 12.2 Å². The highest BCUT2D eigenvalue weighted by molar-refractivity contribution is 6.29. The lowest BCUT2D eigenvalue weighted by molar-refractivity contribution is 0.102. The van der Waals surface area contributed by atoms with Crippen molar-refractivity contribution in [3.8, 4) is 0 Å². The van der Waals surface area contributed by atoms with Crippen LogP contribution in [0.1, 0.15) is 17.3 Å². The van der Waals surface area contributed by atoms with Crippen LogP contribution in [0.5, 0.6) is 0 Å². The van der Waals surface area contributed by atoms with Crippen molar-refractivity contribution in [2.75, 3.05) is 17.2 Å². The van der Waals surface area contributed by atoms with Crippen molar-refractivity contribution in [2.45, 2.75) is 6.92 Å². The van der Waals surface area contributed by atoms with Crippen molar-refractivity contribution in [1.82, 2.24) is 10.2 Å². The second-order valence-electron chi connectivity index (χ2n) is 4.09. The zero-order valence-electron chi connectivity index (χ0n) is 11.2. The molecule has 7 heteroatoms. The van der Waals surface area contributed by atoms with Crippen molar-refractivity contribution >= 4 is 34.6 Å². The highest BCUT2D eigenvalue weighted by Crippen LogP contribution is 2.27. The summed E-state index contributed by atoms with van der Waals surface area (Å²) in [5.74, 6) is -0.346. The molecule has 0 saturated carbocycles. The van der Waals surface area contributed by atoms with E-state index >= 15 is 0 Å². The van der Waals surface area contributed by atoms with Gasteiger partial charge in [-0.15, -0.1) is 5.10 Å². The van der Waals surface area contributed by atoms with Crippen LogP contribution in [0.3, 0.4) is 0 Å². The fraction of sp³-hybridized carbons (Fsp3) is 0.143. The first-order chi connectivity index (χ1) is 10.1. The average Bonchev–Trinajstić information content (AvgIpc) is 2.49. The van der Waals surface area contributed by atoms with Gasteiger partial charge in [0.25, 0.3) is 5.91 Å². The van der Waals surface area contributed by atoms with E-state index in [2.05, 4.69) is 25.7 Å². The largest absolute Gasteiger partial charge is 0.385 e. The number of halogens is 1. The van der Waals surface area contributed by atoms with E-state index in [9.17, 15) is 4.79 Å². The smallest absolute Gasteiger partial charge is 0.257 e. The lowest BCUT2D eigenvalue weighted by Gasteiger charge is -2.12. The van der Waals surface area contributed by atoms with Gasteiger partial charge in [0.15, 0.2) is 10.8 Å². The summed E-state index contributed by atoms with van der Waals surface area (Å²) < 4.78 is 0. The number of hydrogen-bond donors (Lipinski definition) is 2. The molecule has 2 N–H and O–H groups in total. The Morgan fingerprint density at radius 2 is 2.19 bits per heavy atom. The van der Waals surface area contributed by atoms with E-state index in [1.165, 1.54) is 12.3 Å². The highest BCUT2D eigenvalue weighted by Gasteiger charge is 2.11. The fourth-order valence-electron chi connectivity index (χ4n) is 1.71. The van der Waals surface area contributed by atoms with Gasteiger partial charge >= 0.3 is 0 Å². The number of aromatic nitrogens is 2. The monoisotopic (exact) mass is 301 g/mol. The Labute approximate surface area is 127 Å². The Kier molecular flexibility index (Phi) is 4.69. The van der Waals surface area contributed by atoms with Gasteiger partial charge in [0.2, 0.25) is 0 Å². The third-order valence-corrected chi connectivity index (χ3v) is 2.82. The number of carbonyl (C=O) groups excluding carboxylic acids is 1. The SMILES string of the molecule is [C-]#[N+]c1ccc(NC(=O)c2cnnc(Cl)c2)c(NCC)c1. The first-order valence-electron chi connectivity index (χ1n) is 6.19. The molecule has 2 aromatic rings. The molecule has 6 nitrogen and oxygen atoms in total. The summed E-state index contributed by atoms with van der Waals surface area (Å²) in [6.45, 7) is 9.63. The molecule has 21 heavy (non-hydrogen) atoms. The number of amides is 1. The Morgan fingerprint density at radius 1 is 1.38 bits per heavy atom. The minimum atomic E-state index is -0.346. The summed E-state index contributed by atoms with van der Waals surface area (Å²) in [5, 5.41) is 13.2. The molecule has 2 rings (SSSR count). The zero-order valence-corrected chi connectivity index (χ0v) is 12.0. The molecule has 106 valence electrons. The molecule has 0 unspecified atom stereocenters. The van der Waals surface area contributed by atoms with Gasteiger partial charge in [0.1, 0.15) is 0 Å². The van der Waals surface area contributed by atoms with Crippen LogP contribution in [0.4, 0.5) is 17.1 Å². The third-order valence-electron chi connectivity index (χ3n) is 2.63. The molecule has 0 aliphatic heterocycles. The minimum absolute atomic E-state index is 0.151. The minimum Gasteiger partial charge on any atom is -0.385 e. The van der Waals surface area contributed by atoms with Gasteiger partial charge in [-0.2, -0.15) is 5.10 Å². The molecule has 0 bridgehead atoms. The molecular weight excluding hydrogens is 290 g/mol. The zero-order chi connectivity index (χ0) is 15.2. The van der Waals surface area contributed by atoms with Crippen molar-refractivity contribution < 1.29 is 4.79 Å². The molecule has 0 atom stereocenters. The maximum absolute atomic E-state index is 12.2. The van der Waals surface area contributed by atoms with E-state index in [1.807, 2.05) is 6.92 Å². The summed E-state index contributed by atoms with van der Waals surface area (Å²) in [7, 11) is 0. The van der Waals surface area contributed by atoms with Gasteiger partial charge in [-0.25, -0.2) is 4.85 Å². The lowest BCUT2D eigenvalue weighted by Crippen LogP contribution is -2.14. The standard InChI is InChI=1S/C14H12ClN5O/c1-3-17-12-7-10(16-2)4-5-11(12)19-14(21)9-6-13(15)20-18-8-9/h4-8,17H,3H2,1H3,(H,19,21). The van der Waals surface area contributed by atoms with Crippen molar-refractivity contribution in [3.05, 3.63) is 52.6 Å². The topological polar surface area (TPSA) is 71.3 Å². The second kappa shape index (κ2) is 6.68. The fourth-order valence-corrected chi connectivity index (χ4v) is 1.87. The van der Waals surface area contributed by atoms with Gasteiger partial charge in [-0.05, 0) is 25.1 Å². The van der Waals surface area contributed by atoms with Crippen LogP contribution in [-0.2, 0) is 0 Å². The van der Waals surface area contributed by atoms with Gasteiger partial charge < -0.3 is 10.6 Å². The Balaban J connectivity index is 2.26. The van der Waals surface area contributed by atoms with E-state index in [-0.39, 0.29) is 11.1 Å². The molecule has 1 amide bonds. The van der Waals surface area contributed by atoms with Gasteiger partial charge in [-0.1, -0.05) is 17.7 Å². The molecule has 0 saturated heterocycles. The van der Waals surface area contributed by atoms with Crippen molar-refractivity contribution in [1.29, 1.82) is 0 Å². The van der Waals surface area contributed by atoms with Crippen LogP contribution in [0.25, 0.3) is 4.85 Å². The van der Waals surface area contributed by atoms with E-state index in [0.29, 0.717) is 29.2 Å². The molecule has 0 aliphatic carbocycles. The van der Waals surface area contributed by atoms with Crippen LogP contribution in [0.2, 0.25) is 5.15 Å². The quantitative estimate of drug-likeness (QED) is 0.849. The van der Waals surface area contributed by atoms with Crippen LogP contribution >= 0.6 is 11.6 Å². The van der Waals surface area contributed by atoms with E-state index in [0.717, 1.165) is 0 Å². The maximum atomic E-state index is 12.2. The van der Waals surface area contributed by atoms with Crippen molar-refractivity contribution in [2.24, 2.45) is 0 Å². The number of benzene rings is 1. The maximum Gasteiger partial charge on any atom is 0.257 e. The van der Waals surface area contributed by atoms with Gasteiger partial charge in [0.05, 0.1) is 24.0 Å². The molecule has 0 aliphatic rings.